The van der Waals surface area contributed by atoms with E-state index in [4.69, 9.17) is 0 Å². The number of hydrogen-bond donors (Lipinski definition) is 2. The molecule has 0 aliphatic carbocycles. The molecule has 5 nitrogen and oxygen atoms in total. The number of hydrogen-bond acceptors (Lipinski definition) is 4. The number of halogens is 2. The van der Waals surface area contributed by atoms with Gasteiger partial charge in [-0.25, -0.2) is 18.7 Å². The van der Waals surface area contributed by atoms with Crippen LogP contribution in [0, 0.1) is 11.6 Å². The van der Waals surface area contributed by atoms with Gasteiger partial charge in [0.05, 0.1) is 5.69 Å². The Morgan fingerprint density at radius 3 is 2.62 bits per heavy atom. The SMILES string of the molecule is O=C(Nc1ccc(F)cc1F)c1ccnc(NCCc2ccccc2)n1. The largest absolute Gasteiger partial charge is 0.354 e. The van der Waals surface area contributed by atoms with Gasteiger partial charge in [0.1, 0.15) is 17.3 Å². The smallest absolute Gasteiger partial charge is 0.274 e. The molecule has 0 spiro atoms. The van der Waals surface area contributed by atoms with Crippen molar-refractivity contribution in [2.45, 2.75) is 6.42 Å². The second-order valence-electron chi connectivity index (χ2n) is 5.51. The molecule has 3 aromatic rings. The Balaban J connectivity index is 1.61. The van der Waals surface area contributed by atoms with Crippen molar-refractivity contribution < 1.29 is 13.6 Å². The van der Waals surface area contributed by atoms with Gasteiger partial charge in [0.2, 0.25) is 5.95 Å². The molecule has 0 aliphatic heterocycles. The van der Waals surface area contributed by atoms with Gasteiger partial charge in [0.25, 0.3) is 5.91 Å². The Bertz CT molecular complexity index is 903. The van der Waals surface area contributed by atoms with E-state index < -0.39 is 17.5 Å². The van der Waals surface area contributed by atoms with Crippen LogP contribution in [0.2, 0.25) is 0 Å². The first kappa shape index (κ1) is 17.5. The molecule has 0 saturated carbocycles. The monoisotopic (exact) mass is 354 g/mol. The van der Waals surface area contributed by atoms with Crippen molar-refractivity contribution in [1.29, 1.82) is 0 Å². The van der Waals surface area contributed by atoms with Crippen LogP contribution in [-0.4, -0.2) is 22.4 Å². The van der Waals surface area contributed by atoms with Gasteiger partial charge in [-0.3, -0.25) is 4.79 Å². The van der Waals surface area contributed by atoms with Crippen LogP contribution in [0.25, 0.3) is 0 Å². The van der Waals surface area contributed by atoms with E-state index in [-0.39, 0.29) is 11.4 Å². The zero-order valence-corrected chi connectivity index (χ0v) is 13.7. The van der Waals surface area contributed by atoms with Crippen molar-refractivity contribution in [3.05, 3.63) is 83.7 Å². The van der Waals surface area contributed by atoms with E-state index in [9.17, 15) is 13.6 Å². The van der Waals surface area contributed by atoms with Crippen molar-refractivity contribution in [3.8, 4) is 0 Å². The molecule has 0 atom stereocenters. The Kier molecular flexibility index (Phi) is 5.48. The van der Waals surface area contributed by atoms with E-state index in [0.29, 0.717) is 18.6 Å². The van der Waals surface area contributed by atoms with Crippen LogP contribution in [0.3, 0.4) is 0 Å². The van der Waals surface area contributed by atoms with Crippen molar-refractivity contribution in [1.82, 2.24) is 9.97 Å². The summed E-state index contributed by atoms with van der Waals surface area (Å²) in [5, 5.41) is 5.41. The molecule has 2 aromatic carbocycles. The summed E-state index contributed by atoms with van der Waals surface area (Å²) < 4.78 is 26.6. The summed E-state index contributed by atoms with van der Waals surface area (Å²) in [6, 6.07) is 14.2. The number of nitrogens with one attached hydrogen (secondary N) is 2. The predicted octanol–water partition coefficient (Wildman–Crippen LogP) is 3.66. The first-order chi connectivity index (χ1) is 12.6. The van der Waals surface area contributed by atoms with Crippen molar-refractivity contribution in [2.24, 2.45) is 0 Å². The fourth-order valence-corrected chi connectivity index (χ4v) is 2.31. The minimum Gasteiger partial charge on any atom is -0.354 e. The number of rotatable bonds is 6. The maximum absolute atomic E-state index is 13.6. The molecule has 0 saturated heterocycles. The molecule has 1 amide bonds. The standard InChI is InChI=1S/C19H16F2N4O/c20-14-6-7-16(15(21)12-14)24-18(26)17-9-11-23-19(25-17)22-10-8-13-4-2-1-3-5-13/h1-7,9,11-12H,8,10H2,(H,24,26)(H,22,23,25). The lowest BCUT2D eigenvalue weighted by Crippen LogP contribution is -2.16. The molecule has 0 radical (unpaired) electrons. The maximum atomic E-state index is 13.6. The molecule has 3 rings (SSSR count). The molecule has 7 heteroatoms. The second kappa shape index (κ2) is 8.15. The predicted molar refractivity (Wildman–Crippen MR) is 95.0 cm³/mol. The number of benzene rings is 2. The number of aromatic nitrogens is 2. The van der Waals surface area contributed by atoms with E-state index in [0.717, 1.165) is 18.6 Å². The lowest BCUT2D eigenvalue weighted by molar-refractivity contribution is 0.102. The zero-order chi connectivity index (χ0) is 18.4. The van der Waals surface area contributed by atoms with Crippen LogP contribution < -0.4 is 10.6 Å². The fraction of sp³-hybridized carbons (Fsp3) is 0.105. The van der Waals surface area contributed by atoms with E-state index in [1.807, 2.05) is 30.3 Å². The van der Waals surface area contributed by atoms with Crippen molar-refractivity contribution in [2.75, 3.05) is 17.2 Å². The highest BCUT2D eigenvalue weighted by molar-refractivity contribution is 6.03. The van der Waals surface area contributed by atoms with Gasteiger partial charge in [0, 0.05) is 18.8 Å². The third kappa shape index (κ3) is 4.60. The number of anilines is 2. The maximum Gasteiger partial charge on any atom is 0.274 e. The molecule has 132 valence electrons. The number of amides is 1. The highest BCUT2D eigenvalue weighted by atomic mass is 19.1. The minimum absolute atomic E-state index is 0.0749. The third-order valence-corrected chi connectivity index (χ3v) is 3.61. The van der Waals surface area contributed by atoms with E-state index in [2.05, 4.69) is 20.6 Å². The fourth-order valence-electron chi connectivity index (χ4n) is 2.31. The first-order valence-electron chi connectivity index (χ1n) is 7.99. The molecule has 0 fully saturated rings. The minimum atomic E-state index is -0.853. The number of nitrogens with zero attached hydrogens (tertiary/aromatic N) is 2. The molecule has 1 aromatic heterocycles. The molecule has 1 heterocycles. The summed E-state index contributed by atoms with van der Waals surface area (Å²) in [4.78, 5) is 20.4. The lowest BCUT2D eigenvalue weighted by atomic mass is 10.1. The Labute approximate surface area is 149 Å². The number of carbonyl (C=O) groups excluding carboxylic acids is 1. The first-order valence-corrected chi connectivity index (χ1v) is 7.99. The van der Waals surface area contributed by atoms with Gasteiger partial charge in [-0.2, -0.15) is 0 Å². The van der Waals surface area contributed by atoms with E-state index in [1.165, 1.54) is 17.8 Å². The van der Waals surface area contributed by atoms with Crippen molar-refractivity contribution in [3.63, 3.8) is 0 Å². The Morgan fingerprint density at radius 1 is 1.04 bits per heavy atom. The molecule has 0 aliphatic rings. The van der Waals surface area contributed by atoms with Gasteiger partial charge in [-0.1, -0.05) is 30.3 Å². The molecule has 0 bridgehead atoms. The third-order valence-electron chi connectivity index (χ3n) is 3.61. The Morgan fingerprint density at radius 2 is 1.85 bits per heavy atom. The summed E-state index contributed by atoms with van der Waals surface area (Å²) in [6.45, 7) is 0.599. The molecular formula is C19H16F2N4O. The summed E-state index contributed by atoms with van der Waals surface area (Å²) >= 11 is 0. The van der Waals surface area contributed by atoms with Crippen LogP contribution >= 0.6 is 0 Å². The number of carbonyl (C=O) groups is 1. The van der Waals surface area contributed by atoms with E-state index >= 15 is 0 Å². The normalized spacial score (nSPS) is 10.4. The highest BCUT2D eigenvalue weighted by Gasteiger charge is 2.12. The molecular weight excluding hydrogens is 338 g/mol. The second-order valence-corrected chi connectivity index (χ2v) is 5.51. The van der Waals surface area contributed by atoms with Crippen LogP contribution in [-0.2, 0) is 6.42 Å². The molecule has 2 N–H and O–H groups in total. The average molecular weight is 354 g/mol. The van der Waals surface area contributed by atoms with Crippen LogP contribution in [0.1, 0.15) is 16.1 Å². The average Bonchev–Trinajstić information content (AvgIpc) is 2.65. The van der Waals surface area contributed by atoms with Crippen molar-refractivity contribution >= 4 is 17.5 Å². The van der Waals surface area contributed by atoms with Gasteiger partial charge < -0.3 is 10.6 Å². The van der Waals surface area contributed by atoms with Gasteiger partial charge in [0.15, 0.2) is 0 Å². The zero-order valence-electron chi connectivity index (χ0n) is 13.7. The quantitative estimate of drug-likeness (QED) is 0.709. The van der Waals surface area contributed by atoms with E-state index in [1.54, 1.807) is 0 Å². The molecule has 0 unspecified atom stereocenters. The lowest BCUT2D eigenvalue weighted by Gasteiger charge is -2.08. The summed E-state index contributed by atoms with van der Waals surface area (Å²) in [5.74, 6) is -1.88. The Hall–Kier alpha value is -3.35. The molecule has 26 heavy (non-hydrogen) atoms. The highest BCUT2D eigenvalue weighted by Crippen LogP contribution is 2.16. The summed E-state index contributed by atoms with van der Waals surface area (Å²) in [5.41, 5.74) is 1.13. The van der Waals surface area contributed by atoms with Gasteiger partial charge in [-0.15, -0.1) is 0 Å². The summed E-state index contributed by atoms with van der Waals surface area (Å²) in [6.07, 6.45) is 2.22. The van der Waals surface area contributed by atoms with Gasteiger partial charge >= 0.3 is 0 Å². The topological polar surface area (TPSA) is 66.9 Å². The van der Waals surface area contributed by atoms with Crippen LogP contribution in [0.5, 0.6) is 0 Å². The van der Waals surface area contributed by atoms with Gasteiger partial charge in [-0.05, 0) is 30.2 Å². The van der Waals surface area contributed by atoms with Crippen LogP contribution in [0.15, 0.2) is 60.8 Å². The summed E-state index contributed by atoms with van der Waals surface area (Å²) in [7, 11) is 0. The van der Waals surface area contributed by atoms with Crippen LogP contribution in [0.4, 0.5) is 20.4 Å².